The average Bonchev–Trinajstić information content (AvgIpc) is 2.99. The van der Waals surface area contributed by atoms with Gasteiger partial charge in [0, 0.05) is 0 Å². The van der Waals surface area contributed by atoms with Crippen molar-refractivity contribution in [2.24, 2.45) is 5.73 Å². The number of rotatable bonds is 6. The molecule has 0 radical (unpaired) electrons. The maximum Gasteiger partial charge on any atom is 0.322 e. The predicted octanol–water partition coefficient (Wildman–Crippen LogP) is 1.07. The lowest BCUT2D eigenvalue weighted by Gasteiger charge is -2.12. The summed E-state index contributed by atoms with van der Waals surface area (Å²) in [5.41, 5.74) is 5.95. The van der Waals surface area contributed by atoms with Crippen molar-refractivity contribution in [3.63, 3.8) is 0 Å². The number of sulfone groups is 1. The third-order valence-corrected chi connectivity index (χ3v) is 5.85. The highest BCUT2D eigenvalue weighted by Crippen LogP contribution is 2.27. The Morgan fingerprint density at radius 2 is 2.14 bits per heavy atom. The van der Waals surface area contributed by atoms with Crippen LogP contribution in [0.4, 0.5) is 5.82 Å². The Hall–Kier alpha value is -1.97. The molecule has 0 aliphatic heterocycles. The number of hydrogen-bond donors (Lipinski definition) is 3. The summed E-state index contributed by atoms with van der Waals surface area (Å²) in [5.74, 6) is -0.788. The number of carboxylic acid groups (broad SMARTS) is 1. The molecule has 0 bridgehead atoms. The standard InChI is InChI=1S/C12H13N3O4S2/c13-12(21(18,19)11-5-2-6-20-11)8-3-1-4-9(15-8)14-7-10(16)17/h1-6,12H,7,13H2,(H,14,15)(H,16,17). The van der Waals surface area contributed by atoms with E-state index in [1.165, 1.54) is 18.2 Å². The van der Waals surface area contributed by atoms with Crippen molar-refractivity contribution in [2.45, 2.75) is 9.58 Å². The number of nitrogens with two attached hydrogens (primary N) is 1. The molecule has 7 nitrogen and oxygen atoms in total. The second-order valence-electron chi connectivity index (χ2n) is 4.09. The molecule has 0 fully saturated rings. The van der Waals surface area contributed by atoms with Crippen molar-refractivity contribution in [1.29, 1.82) is 0 Å². The number of anilines is 1. The summed E-state index contributed by atoms with van der Waals surface area (Å²) in [4.78, 5) is 14.5. The van der Waals surface area contributed by atoms with Crippen molar-refractivity contribution in [3.05, 3.63) is 41.4 Å². The van der Waals surface area contributed by atoms with Crippen LogP contribution in [0.3, 0.4) is 0 Å². The monoisotopic (exact) mass is 327 g/mol. The largest absolute Gasteiger partial charge is 0.480 e. The zero-order valence-electron chi connectivity index (χ0n) is 10.8. The van der Waals surface area contributed by atoms with E-state index in [-0.39, 0.29) is 22.3 Å². The summed E-state index contributed by atoms with van der Waals surface area (Å²) in [6.07, 6.45) is 0. The number of carboxylic acids is 1. The van der Waals surface area contributed by atoms with Gasteiger partial charge >= 0.3 is 5.97 Å². The lowest BCUT2D eigenvalue weighted by Crippen LogP contribution is -2.23. The highest BCUT2D eigenvalue weighted by Gasteiger charge is 2.27. The number of aromatic nitrogens is 1. The normalized spacial score (nSPS) is 12.8. The van der Waals surface area contributed by atoms with Crippen LogP contribution in [-0.2, 0) is 14.6 Å². The zero-order chi connectivity index (χ0) is 15.5. The summed E-state index contributed by atoms with van der Waals surface area (Å²) in [6, 6.07) is 7.70. The number of nitrogens with one attached hydrogen (secondary N) is 1. The van der Waals surface area contributed by atoms with E-state index in [1.807, 2.05) is 0 Å². The topological polar surface area (TPSA) is 122 Å². The maximum absolute atomic E-state index is 12.3. The first-order valence-corrected chi connectivity index (χ1v) is 8.29. The van der Waals surface area contributed by atoms with Crippen molar-refractivity contribution in [1.82, 2.24) is 4.98 Å². The summed E-state index contributed by atoms with van der Waals surface area (Å²) < 4.78 is 24.8. The minimum absolute atomic E-state index is 0.152. The minimum Gasteiger partial charge on any atom is -0.480 e. The maximum atomic E-state index is 12.3. The van der Waals surface area contributed by atoms with Crippen LogP contribution >= 0.6 is 11.3 Å². The second-order valence-corrected chi connectivity index (χ2v) is 7.34. The first kappa shape index (κ1) is 15.4. The lowest BCUT2D eigenvalue weighted by molar-refractivity contribution is -0.134. The molecule has 4 N–H and O–H groups in total. The molecule has 0 aromatic carbocycles. The van der Waals surface area contributed by atoms with E-state index in [1.54, 1.807) is 17.5 Å². The molecule has 0 spiro atoms. The number of thiophene rings is 1. The van der Waals surface area contributed by atoms with E-state index in [0.717, 1.165) is 11.3 Å². The molecule has 2 aromatic heterocycles. The molecule has 1 unspecified atom stereocenters. The fourth-order valence-corrected chi connectivity index (χ4v) is 4.01. The van der Waals surface area contributed by atoms with Gasteiger partial charge in [-0.25, -0.2) is 13.4 Å². The quantitative estimate of drug-likeness (QED) is 0.725. The smallest absolute Gasteiger partial charge is 0.322 e. The first-order chi connectivity index (χ1) is 9.91. The van der Waals surface area contributed by atoms with Crippen LogP contribution in [0.5, 0.6) is 0 Å². The van der Waals surface area contributed by atoms with Gasteiger partial charge in [0.05, 0.1) is 5.69 Å². The summed E-state index contributed by atoms with van der Waals surface area (Å²) in [6.45, 7) is -0.316. The van der Waals surface area contributed by atoms with Crippen LogP contribution in [0.25, 0.3) is 0 Å². The molecular formula is C12H13N3O4S2. The van der Waals surface area contributed by atoms with Crippen molar-refractivity contribution in [2.75, 3.05) is 11.9 Å². The molecule has 0 amide bonds. The lowest BCUT2D eigenvalue weighted by atomic mass is 10.3. The Morgan fingerprint density at radius 1 is 1.38 bits per heavy atom. The second kappa shape index (κ2) is 6.20. The number of pyridine rings is 1. The third-order valence-electron chi connectivity index (χ3n) is 2.59. The fourth-order valence-electron chi connectivity index (χ4n) is 1.58. The number of nitrogens with zero attached hydrogens (tertiary/aromatic N) is 1. The van der Waals surface area contributed by atoms with Gasteiger partial charge in [0.1, 0.15) is 16.6 Å². The molecule has 1 atom stereocenters. The van der Waals surface area contributed by atoms with E-state index in [9.17, 15) is 13.2 Å². The van der Waals surface area contributed by atoms with Gasteiger partial charge < -0.3 is 16.2 Å². The van der Waals surface area contributed by atoms with Crippen molar-refractivity contribution in [3.8, 4) is 0 Å². The first-order valence-electron chi connectivity index (χ1n) is 5.87. The fraction of sp³-hybridized carbons (Fsp3) is 0.167. The van der Waals surface area contributed by atoms with Gasteiger partial charge in [0.15, 0.2) is 5.37 Å². The molecule has 0 saturated carbocycles. The number of carbonyl (C=O) groups is 1. The Balaban J connectivity index is 2.25. The van der Waals surface area contributed by atoms with Gasteiger partial charge in [-0.2, -0.15) is 0 Å². The van der Waals surface area contributed by atoms with Crippen LogP contribution in [0.1, 0.15) is 11.1 Å². The summed E-state index contributed by atoms with van der Waals surface area (Å²) >= 11 is 1.08. The zero-order valence-corrected chi connectivity index (χ0v) is 12.4. The van der Waals surface area contributed by atoms with E-state index < -0.39 is 21.2 Å². The highest BCUT2D eigenvalue weighted by atomic mass is 32.2. The van der Waals surface area contributed by atoms with Crippen LogP contribution in [0, 0.1) is 0 Å². The van der Waals surface area contributed by atoms with Gasteiger partial charge in [0.25, 0.3) is 0 Å². The molecule has 112 valence electrons. The van der Waals surface area contributed by atoms with E-state index in [4.69, 9.17) is 10.8 Å². The Morgan fingerprint density at radius 3 is 2.76 bits per heavy atom. The molecule has 2 heterocycles. The average molecular weight is 327 g/mol. The van der Waals surface area contributed by atoms with Gasteiger partial charge in [-0.15, -0.1) is 11.3 Å². The SMILES string of the molecule is NC(c1cccc(NCC(=O)O)n1)S(=O)(=O)c1cccs1. The molecule has 21 heavy (non-hydrogen) atoms. The summed E-state index contributed by atoms with van der Waals surface area (Å²) in [7, 11) is -3.71. The molecule has 0 aliphatic carbocycles. The Kier molecular flexibility index (Phi) is 4.56. The highest BCUT2D eigenvalue weighted by molar-refractivity contribution is 7.93. The predicted molar refractivity (Wildman–Crippen MR) is 78.8 cm³/mol. The minimum atomic E-state index is -3.71. The molecular weight excluding hydrogens is 314 g/mol. The molecule has 2 rings (SSSR count). The summed E-state index contributed by atoms with van der Waals surface area (Å²) in [5, 5.41) is 11.5. The van der Waals surface area contributed by atoms with Crippen LogP contribution in [0.15, 0.2) is 39.9 Å². The van der Waals surface area contributed by atoms with Gasteiger partial charge in [0.2, 0.25) is 9.84 Å². The molecule has 0 aliphatic rings. The van der Waals surface area contributed by atoms with E-state index in [0.29, 0.717) is 0 Å². The van der Waals surface area contributed by atoms with Crippen molar-refractivity contribution >= 4 is 33.0 Å². The van der Waals surface area contributed by atoms with Gasteiger partial charge in [-0.1, -0.05) is 12.1 Å². The van der Waals surface area contributed by atoms with Crippen LogP contribution < -0.4 is 11.1 Å². The van der Waals surface area contributed by atoms with Crippen LogP contribution in [0.2, 0.25) is 0 Å². The van der Waals surface area contributed by atoms with Gasteiger partial charge in [-0.3, -0.25) is 4.79 Å². The molecule has 0 saturated heterocycles. The molecule has 2 aromatic rings. The van der Waals surface area contributed by atoms with Crippen molar-refractivity contribution < 1.29 is 18.3 Å². The number of hydrogen-bond acceptors (Lipinski definition) is 7. The number of aliphatic carboxylic acids is 1. The molecule has 9 heteroatoms. The Bertz CT molecular complexity index is 729. The Labute approximate surface area is 125 Å². The van der Waals surface area contributed by atoms with E-state index in [2.05, 4.69) is 10.3 Å². The third kappa shape index (κ3) is 3.57. The van der Waals surface area contributed by atoms with Crippen LogP contribution in [-0.4, -0.2) is 31.0 Å². The van der Waals surface area contributed by atoms with E-state index >= 15 is 0 Å². The van der Waals surface area contributed by atoms with Gasteiger partial charge in [-0.05, 0) is 23.6 Å².